The summed E-state index contributed by atoms with van der Waals surface area (Å²) in [6, 6.07) is 29.4. The van der Waals surface area contributed by atoms with Crippen LogP contribution in [0.5, 0.6) is 0 Å². The maximum Gasteiger partial charge on any atom is 0.308 e. The number of hydrogen-bond acceptors (Lipinski definition) is 23. The highest BCUT2D eigenvalue weighted by Crippen LogP contribution is 2.46. The van der Waals surface area contributed by atoms with Crippen LogP contribution in [0.1, 0.15) is 227 Å². The van der Waals surface area contributed by atoms with E-state index >= 15 is 0 Å². The first-order chi connectivity index (χ1) is 58.3. The lowest BCUT2D eigenvalue weighted by atomic mass is 9.98. The fourth-order valence-corrected chi connectivity index (χ4v) is 20.6. The van der Waals surface area contributed by atoms with Crippen molar-refractivity contribution in [2.24, 2.45) is 20.0 Å². The molecular formula is C91H101Cl4N19O5S4. The van der Waals surface area contributed by atoms with Crippen molar-refractivity contribution in [1.29, 1.82) is 0 Å². The third-order valence-corrected chi connectivity index (χ3v) is 27.8. The van der Waals surface area contributed by atoms with Crippen LogP contribution in [0, 0.1) is 69.2 Å². The summed E-state index contributed by atoms with van der Waals surface area (Å²) in [5.74, 6) is 4.74. The summed E-state index contributed by atoms with van der Waals surface area (Å²) in [5, 5.41) is 45.0. The number of esters is 2. The number of thiophene rings is 4. The molecule has 4 aromatic carbocycles. The van der Waals surface area contributed by atoms with Crippen molar-refractivity contribution in [3.8, 4) is 20.0 Å². The maximum absolute atomic E-state index is 13.1. The number of nitrogens with one attached hydrogen (secondary N) is 1. The van der Waals surface area contributed by atoms with Crippen LogP contribution in [-0.2, 0) is 35.8 Å². The zero-order chi connectivity index (χ0) is 88.2. The van der Waals surface area contributed by atoms with Crippen molar-refractivity contribution in [2.45, 2.75) is 192 Å². The van der Waals surface area contributed by atoms with Gasteiger partial charge in [0.05, 0.1) is 42.1 Å². The monoisotopic (exact) mass is 1810 g/mol. The van der Waals surface area contributed by atoms with Gasteiger partial charge in [0.1, 0.15) is 78.7 Å². The number of amides is 1. The molecule has 0 radical (unpaired) electrons. The molecule has 8 aromatic heterocycles. The number of piperazine rings is 1. The van der Waals surface area contributed by atoms with E-state index in [0.717, 1.165) is 155 Å². The van der Waals surface area contributed by atoms with E-state index in [0.29, 0.717) is 39.1 Å². The van der Waals surface area contributed by atoms with Crippen molar-refractivity contribution in [3.63, 3.8) is 0 Å². The highest BCUT2D eigenvalue weighted by molar-refractivity contribution is 7.16. The van der Waals surface area contributed by atoms with E-state index in [2.05, 4.69) is 153 Å². The van der Waals surface area contributed by atoms with Crippen LogP contribution in [-0.4, -0.2) is 167 Å². The van der Waals surface area contributed by atoms with Gasteiger partial charge in [-0.3, -0.25) is 57.5 Å². The Morgan fingerprint density at radius 3 is 1.29 bits per heavy atom. The SMILES string of the molecule is CCc1nnc2n1-c1sc(C)c(C)c1C(c1ccc(Cl)cc1)=N[C@H]2CC(=O)OC(C)(C)C.Cc1sc2c(c1C)C(c1ccc(Cl)cc1)=NC(C)(C)c1nnc(C)n1-2.Cc1sc2c(c1C)C(c1ccc(Cl)cc1)=N[C@@H](CC(=O)NCCN1CCN(C)CC1)c1nnc(C)n1-2.Cc1sc2c(c1C)C(c1ccc(Cl)cc1)=N[C@@H](CC(=O)OC(C)(C)C)c1nncn1-2. The van der Waals surface area contributed by atoms with Gasteiger partial charge in [0.15, 0.2) is 23.3 Å². The summed E-state index contributed by atoms with van der Waals surface area (Å²) in [7, 11) is 2.15. The second-order valence-electron chi connectivity index (χ2n) is 33.7. The van der Waals surface area contributed by atoms with E-state index in [4.69, 9.17) is 75.8 Å². The van der Waals surface area contributed by atoms with Crippen molar-refractivity contribution in [3.05, 3.63) is 251 Å². The smallest absolute Gasteiger partial charge is 0.308 e. The van der Waals surface area contributed by atoms with Crippen molar-refractivity contribution >= 4 is 132 Å². The molecule has 24 nitrogen and oxygen atoms in total. The van der Waals surface area contributed by atoms with Gasteiger partial charge in [-0.25, -0.2) is 0 Å². The standard InChI is InChI=1S/C26H32ClN7OS.C24H27ClN4O2S.C22H23ClN4O2S.C19H19ClN4S/c1-16-17(2)36-26-23(16)24(19-5-7-20(27)8-6-19)29-21(25-31-30-18(3)34(25)26)15-22(35)28-9-10-33-13-11-32(4)12-14-33;1-7-18-27-28-22-17(12-19(30)31-24(4,5)6)26-21(15-8-10-16(25)11-9-15)20-13(2)14(3)32-23(20)29(18)22;1-12-13(2)30-21-18(12)19(14-6-8-15(23)9-7-14)25-16(20-26-24-11-27(20)21)10-17(28)29-22(3,4)5;1-10-11(2)25-17-15(10)16(13-6-8-14(20)9-7-13)21-19(4,5)18-23-22-12(3)24(17)18/h5-8,21H,9-15H2,1-4H3,(H,28,35);8-11,17H,7,12H2,1-6H3;6-9,11,16H,10H2,1-5H3;6-9H,1-5H3/t21-;17-;16-;/m000./s1. The van der Waals surface area contributed by atoms with Gasteiger partial charge >= 0.3 is 11.9 Å². The highest BCUT2D eigenvalue weighted by atomic mass is 35.5. The van der Waals surface area contributed by atoms with E-state index < -0.39 is 34.9 Å². The Morgan fingerprint density at radius 2 is 0.837 bits per heavy atom. The fraction of sp³-hybridized carbons (Fsp3) is 0.396. The van der Waals surface area contributed by atoms with Gasteiger partial charge in [0.25, 0.3) is 0 Å². The Hall–Kier alpha value is -9.59. The van der Waals surface area contributed by atoms with Gasteiger partial charge in [0.2, 0.25) is 5.91 Å². The molecule has 0 aliphatic carbocycles. The molecule has 3 atom stereocenters. The van der Waals surface area contributed by atoms with Crippen molar-refractivity contribution < 1.29 is 23.9 Å². The minimum absolute atomic E-state index is 0.0290. The number of nitrogens with zero attached hydrogens (tertiary/aromatic N) is 18. The molecule has 1 saturated heterocycles. The summed E-state index contributed by atoms with van der Waals surface area (Å²) in [6.07, 6.45) is 2.79. The molecule has 0 spiro atoms. The van der Waals surface area contributed by atoms with E-state index in [1.165, 1.54) is 41.8 Å². The van der Waals surface area contributed by atoms with Crippen LogP contribution < -0.4 is 5.32 Å². The third-order valence-electron chi connectivity index (χ3n) is 22.0. The zero-order valence-electron chi connectivity index (χ0n) is 72.9. The Kier molecular flexibility index (Phi) is 26.6. The predicted molar refractivity (Wildman–Crippen MR) is 496 cm³/mol. The molecule has 13 heterocycles. The Balaban J connectivity index is 0.000000135. The molecule has 0 saturated carbocycles. The molecule has 1 amide bonds. The zero-order valence-corrected chi connectivity index (χ0v) is 79.1. The minimum atomic E-state index is -0.570. The molecule has 17 rings (SSSR count). The third kappa shape index (κ3) is 19.3. The molecule has 5 aliphatic rings. The second kappa shape index (κ2) is 36.5. The number of aryl methyl sites for hydroxylation is 7. The number of hydrogen-bond donors (Lipinski definition) is 1. The quantitative estimate of drug-likeness (QED) is 0.0992. The summed E-state index contributed by atoms with van der Waals surface area (Å²) in [6.45, 7) is 44.0. The van der Waals surface area contributed by atoms with E-state index in [9.17, 15) is 14.4 Å². The number of likely N-dealkylation sites (N-methyl/N-ethyl adjacent to an activating group) is 1. The molecule has 12 aromatic rings. The van der Waals surface area contributed by atoms with Crippen LogP contribution in [0.2, 0.25) is 20.1 Å². The summed E-state index contributed by atoms with van der Waals surface area (Å²) in [5.41, 5.74) is 14.9. The predicted octanol–water partition coefficient (Wildman–Crippen LogP) is 19.6. The molecule has 32 heteroatoms. The first-order valence-corrected chi connectivity index (χ1v) is 45.7. The van der Waals surface area contributed by atoms with Gasteiger partial charge in [-0.15, -0.1) is 86.1 Å². The van der Waals surface area contributed by atoms with Crippen molar-refractivity contribution in [1.82, 2.24) is 74.2 Å². The maximum atomic E-state index is 13.1. The first kappa shape index (κ1) is 89.7. The van der Waals surface area contributed by atoms with Gasteiger partial charge in [-0.1, -0.05) is 102 Å². The molecular weight excluding hydrogens is 1710 g/mol. The van der Waals surface area contributed by atoms with E-state index in [-0.39, 0.29) is 37.1 Å². The Labute approximate surface area is 753 Å². The number of aliphatic imine (C=N–C) groups is 4. The molecule has 123 heavy (non-hydrogen) atoms. The van der Waals surface area contributed by atoms with Gasteiger partial charge < -0.3 is 19.7 Å². The lowest BCUT2D eigenvalue weighted by molar-refractivity contribution is -0.156. The summed E-state index contributed by atoms with van der Waals surface area (Å²) >= 11 is 31.4. The number of ether oxygens (including phenoxy) is 2. The molecule has 0 unspecified atom stereocenters. The van der Waals surface area contributed by atoms with E-state index in [1.54, 1.807) is 51.7 Å². The summed E-state index contributed by atoms with van der Waals surface area (Å²) in [4.78, 5) is 68.6. The normalized spacial score (nSPS) is 16.4. The highest BCUT2D eigenvalue weighted by Gasteiger charge is 2.40. The molecule has 5 aliphatic heterocycles. The number of carbonyl (C=O) groups is 3. The van der Waals surface area contributed by atoms with Crippen LogP contribution in [0.15, 0.2) is 123 Å². The number of benzene rings is 4. The number of aromatic nitrogens is 12. The van der Waals surface area contributed by atoms with Gasteiger partial charge in [-0.2, -0.15) is 0 Å². The molecule has 642 valence electrons. The molecule has 1 N–H and O–H groups in total. The van der Waals surface area contributed by atoms with Crippen LogP contribution in [0.4, 0.5) is 0 Å². The number of carbonyl (C=O) groups excluding carboxylic acids is 3. The van der Waals surface area contributed by atoms with Crippen LogP contribution >= 0.6 is 91.8 Å². The molecule has 0 bridgehead atoms. The Bertz CT molecular complexity index is 6110. The fourth-order valence-electron chi connectivity index (χ4n) is 15.3. The van der Waals surface area contributed by atoms with Gasteiger partial charge in [0, 0.05) is 130 Å². The number of halogens is 4. The van der Waals surface area contributed by atoms with Crippen LogP contribution in [0.3, 0.4) is 0 Å². The van der Waals surface area contributed by atoms with Gasteiger partial charge in [-0.05, 0) is 202 Å². The Morgan fingerprint density at radius 1 is 0.463 bits per heavy atom. The first-order valence-electron chi connectivity index (χ1n) is 40.9. The minimum Gasteiger partial charge on any atom is -0.460 e. The summed E-state index contributed by atoms with van der Waals surface area (Å²) < 4.78 is 19.4. The largest absolute Gasteiger partial charge is 0.460 e. The molecule has 1 fully saturated rings. The number of fused-ring (bicyclic) bond motifs is 12. The van der Waals surface area contributed by atoms with Crippen molar-refractivity contribution in [2.75, 3.05) is 46.3 Å². The number of rotatable bonds is 14. The lowest BCUT2D eigenvalue weighted by Gasteiger charge is -2.32. The van der Waals surface area contributed by atoms with E-state index in [1.807, 2.05) is 157 Å². The average Bonchev–Trinajstić information content (AvgIpc) is 1.59. The topological polar surface area (TPSA) is 260 Å². The second-order valence-corrected chi connectivity index (χ2v) is 40.3. The average molecular weight is 1810 g/mol. The lowest BCUT2D eigenvalue weighted by Crippen LogP contribution is -2.47. The van der Waals surface area contributed by atoms with Crippen LogP contribution in [0.25, 0.3) is 20.0 Å².